The maximum Gasteiger partial charge on any atom is 0.246 e. The minimum Gasteiger partial charge on any atom is -0.394 e. The third kappa shape index (κ3) is 3.20. The van der Waals surface area contributed by atoms with E-state index in [0.29, 0.717) is 25.7 Å². The molecule has 3 amide bonds. The zero-order valence-electron chi connectivity index (χ0n) is 19.0. The number of hydrogen-bond donors (Lipinski definition) is 3. The Bertz CT molecular complexity index is 735. The van der Waals surface area contributed by atoms with Crippen molar-refractivity contribution in [2.45, 2.75) is 101 Å². The van der Waals surface area contributed by atoms with E-state index < -0.39 is 35.1 Å². The van der Waals surface area contributed by atoms with Gasteiger partial charge in [0, 0.05) is 13.1 Å². The van der Waals surface area contributed by atoms with Gasteiger partial charge in [0.05, 0.1) is 30.1 Å². The van der Waals surface area contributed by atoms with Crippen molar-refractivity contribution in [2.75, 3.05) is 13.7 Å². The lowest BCUT2D eigenvalue weighted by Crippen LogP contribution is -2.59. The lowest BCUT2D eigenvalue weighted by atomic mass is 9.65. The van der Waals surface area contributed by atoms with Crippen molar-refractivity contribution in [2.24, 2.45) is 11.8 Å². The van der Waals surface area contributed by atoms with Gasteiger partial charge in [-0.15, -0.1) is 0 Å². The first-order valence-electron chi connectivity index (χ1n) is 12.0. The van der Waals surface area contributed by atoms with Gasteiger partial charge in [-0.05, 0) is 38.5 Å². The summed E-state index contributed by atoms with van der Waals surface area (Å²) in [5, 5.41) is 15.9. The Balaban J connectivity index is 1.74. The number of likely N-dealkylation sites (tertiary alicyclic amines) is 1. The largest absolute Gasteiger partial charge is 0.394 e. The van der Waals surface area contributed by atoms with Crippen LogP contribution in [-0.4, -0.2) is 70.7 Å². The van der Waals surface area contributed by atoms with Gasteiger partial charge >= 0.3 is 0 Å². The summed E-state index contributed by atoms with van der Waals surface area (Å²) in [7, 11) is 1.58. The van der Waals surface area contributed by atoms with Gasteiger partial charge < -0.3 is 25.4 Å². The zero-order valence-corrected chi connectivity index (χ0v) is 19.0. The predicted molar refractivity (Wildman–Crippen MR) is 114 cm³/mol. The molecule has 1 spiro atoms. The summed E-state index contributed by atoms with van der Waals surface area (Å²) >= 11 is 0. The summed E-state index contributed by atoms with van der Waals surface area (Å²) in [4.78, 5) is 42.0. The van der Waals surface area contributed by atoms with Gasteiger partial charge in [-0.25, -0.2) is 0 Å². The fraction of sp³-hybridized carbons (Fsp3) is 0.870. The summed E-state index contributed by atoms with van der Waals surface area (Å²) in [6.45, 7) is 3.66. The van der Waals surface area contributed by atoms with Crippen molar-refractivity contribution >= 4 is 17.7 Å². The molecule has 0 aromatic rings. The number of fused-ring (bicyclic) bond motifs is 1. The van der Waals surface area contributed by atoms with E-state index >= 15 is 0 Å². The lowest BCUT2D eigenvalue weighted by Gasteiger charge is -2.38. The van der Waals surface area contributed by atoms with Gasteiger partial charge in [-0.3, -0.25) is 14.4 Å². The van der Waals surface area contributed by atoms with Crippen molar-refractivity contribution in [3.63, 3.8) is 0 Å². The van der Waals surface area contributed by atoms with E-state index in [2.05, 4.69) is 10.6 Å². The molecule has 8 nitrogen and oxygen atoms in total. The Morgan fingerprint density at radius 3 is 2.48 bits per heavy atom. The third-order valence-corrected chi connectivity index (χ3v) is 8.42. The molecule has 31 heavy (non-hydrogen) atoms. The maximum atomic E-state index is 13.8. The molecule has 3 N–H and O–H groups in total. The monoisotopic (exact) mass is 435 g/mol. The van der Waals surface area contributed by atoms with Crippen LogP contribution >= 0.6 is 0 Å². The topological polar surface area (TPSA) is 108 Å². The lowest BCUT2D eigenvalue weighted by molar-refractivity contribution is -0.151. The molecule has 8 heteroatoms. The molecule has 1 saturated carbocycles. The van der Waals surface area contributed by atoms with E-state index in [0.717, 1.165) is 25.7 Å². The minimum absolute atomic E-state index is 0.108. The average molecular weight is 436 g/mol. The molecule has 3 aliphatic heterocycles. The molecular weight excluding hydrogens is 398 g/mol. The Labute approximate surface area is 184 Å². The van der Waals surface area contributed by atoms with Gasteiger partial charge in [0.2, 0.25) is 17.7 Å². The first-order valence-corrected chi connectivity index (χ1v) is 12.0. The Kier molecular flexibility index (Phi) is 6.07. The third-order valence-electron chi connectivity index (χ3n) is 8.42. The van der Waals surface area contributed by atoms with E-state index in [4.69, 9.17) is 4.74 Å². The van der Waals surface area contributed by atoms with Crippen molar-refractivity contribution < 1.29 is 24.2 Å². The molecule has 1 aliphatic carbocycles. The van der Waals surface area contributed by atoms with Crippen LogP contribution in [0.4, 0.5) is 0 Å². The normalized spacial score (nSPS) is 38.3. The molecule has 6 atom stereocenters. The van der Waals surface area contributed by atoms with Crippen molar-refractivity contribution in [1.82, 2.24) is 15.5 Å². The number of hydrogen-bond acceptors (Lipinski definition) is 5. The molecule has 4 fully saturated rings. The summed E-state index contributed by atoms with van der Waals surface area (Å²) < 4.78 is 6.65. The number of aliphatic hydroxyl groups excluding tert-OH is 1. The molecule has 3 heterocycles. The van der Waals surface area contributed by atoms with Gasteiger partial charge in [0.15, 0.2) is 0 Å². The predicted octanol–water partition coefficient (Wildman–Crippen LogP) is 1.11. The molecule has 2 unspecified atom stereocenters. The van der Waals surface area contributed by atoms with E-state index in [9.17, 15) is 19.5 Å². The highest BCUT2D eigenvalue weighted by atomic mass is 16.5. The van der Waals surface area contributed by atoms with E-state index in [1.807, 2.05) is 13.8 Å². The summed E-state index contributed by atoms with van der Waals surface area (Å²) in [5.74, 6) is -1.93. The maximum absolute atomic E-state index is 13.8. The Hall–Kier alpha value is -1.67. The van der Waals surface area contributed by atoms with Crippen molar-refractivity contribution in [3.05, 3.63) is 0 Å². The highest BCUT2D eigenvalue weighted by Crippen LogP contribution is 2.64. The van der Waals surface area contributed by atoms with Gasteiger partial charge in [0.1, 0.15) is 11.6 Å². The minimum atomic E-state index is -1.01. The van der Waals surface area contributed by atoms with Crippen LogP contribution in [0, 0.1) is 11.8 Å². The number of nitrogens with one attached hydrogen (secondary N) is 2. The fourth-order valence-electron chi connectivity index (χ4n) is 6.84. The number of nitrogens with zero attached hydrogens (tertiary/aromatic N) is 1. The molecule has 3 saturated heterocycles. The average Bonchev–Trinajstić information content (AvgIpc) is 3.39. The first-order chi connectivity index (χ1) is 14.9. The summed E-state index contributed by atoms with van der Waals surface area (Å²) in [5.41, 5.74) is -1.72. The quantitative estimate of drug-likeness (QED) is 0.555. The highest BCUT2D eigenvalue weighted by Gasteiger charge is 2.79. The second-order valence-electron chi connectivity index (χ2n) is 9.78. The summed E-state index contributed by atoms with van der Waals surface area (Å²) in [6, 6.07) is -1.18. The van der Waals surface area contributed by atoms with Crippen LogP contribution in [0.5, 0.6) is 0 Å². The molecule has 0 aromatic carbocycles. The molecule has 174 valence electrons. The summed E-state index contributed by atoms with van der Waals surface area (Å²) in [6.07, 6.45) is 7.63. The molecule has 4 rings (SSSR count). The standard InChI is InChI=1S/C23H37N3O5/c1-4-15(13-27)26-18(20(29)25-14-9-7-6-8-10-14)23-12-11-22(5-2,31-23)16(19(28)24-3)17(23)21(26)30/h14-18,27H,4-13H2,1-3H3,(H,24,28)(H,25,29)/t15-,16+,17-,18?,22-,23?/m0/s1. The van der Waals surface area contributed by atoms with E-state index in [1.165, 1.54) is 6.42 Å². The second kappa shape index (κ2) is 8.35. The van der Waals surface area contributed by atoms with E-state index in [-0.39, 0.29) is 30.4 Å². The number of rotatable bonds is 7. The van der Waals surface area contributed by atoms with Crippen LogP contribution in [0.3, 0.4) is 0 Å². The highest BCUT2D eigenvalue weighted by molar-refractivity contribution is 5.99. The molecule has 0 aromatic heterocycles. The van der Waals surface area contributed by atoms with Crippen LogP contribution in [0.1, 0.15) is 71.6 Å². The van der Waals surface area contributed by atoms with Crippen molar-refractivity contribution in [1.29, 1.82) is 0 Å². The van der Waals surface area contributed by atoms with Crippen LogP contribution in [0.2, 0.25) is 0 Å². The zero-order chi connectivity index (χ0) is 22.4. The van der Waals surface area contributed by atoms with Crippen LogP contribution in [0.15, 0.2) is 0 Å². The molecule has 4 aliphatic rings. The van der Waals surface area contributed by atoms with Crippen LogP contribution in [0.25, 0.3) is 0 Å². The molecule has 0 radical (unpaired) electrons. The first kappa shape index (κ1) is 22.5. The SMILES string of the molecule is CC[C@@H](CO)N1C(=O)[C@@H]2[C@H](C(=O)NC)[C@]3(CC)CCC2(O3)C1C(=O)NC1CCCCC1. The number of carbonyl (C=O) groups is 3. The van der Waals surface area contributed by atoms with E-state index in [1.54, 1.807) is 11.9 Å². The van der Waals surface area contributed by atoms with Gasteiger partial charge in [-0.2, -0.15) is 0 Å². The Morgan fingerprint density at radius 2 is 1.90 bits per heavy atom. The van der Waals surface area contributed by atoms with Gasteiger partial charge in [-0.1, -0.05) is 33.1 Å². The molecular formula is C23H37N3O5. The van der Waals surface area contributed by atoms with Crippen molar-refractivity contribution in [3.8, 4) is 0 Å². The number of amides is 3. The van der Waals surface area contributed by atoms with Gasteiger partial charge in [0.25, 0.3) is 0 Å². The Morgan fingerprint density at radius 1 is 1.19 bits per heavy atom. The fourth-order valence-corrected chi connectivity index (χ4v) is 6.84. The van der Waals surface area contributed by atoms with Crippen LogP contribution < -0.4 is 10.6 Å². The number of aliphatic hydroxyl groups is 1. The smallest absolute Gasteiger partial charge is 0.246 e. The number of carbonyl (C=O) groups excluding carboxylic acids is 3. The second-order valence-corrected chi connectivity index (χ2v) is 9.78. The van der Waals surface area contributed by atoms with Crippen LogP contribution in [-0.2, 0) is 19.1 Å². The number of ether oxygens (including phenoxy) is 1. The molecule has 2 bridgehead atoms.